The summed E-state index contributed by atoms with van der Waals surface area (Å²) in [6.07, 6.45) is 5.06. The van der Waals surface area contributed by atoms with Crippen LogP contribution in [0.4, 0.5) is 0 Å². The molecule has 2 fully saturated rings. The molecule has 0 aromatic carbocycles. The molecule has 2 aliphatic heterocycles. The smallest absolute Gasteiger partial charge is 0.148 e. The van der Waals surface area contributed by atoms with Gasteiger partial charge < -0.3 is 5.32 Å². The van der Waals surface area contributed by atoms with Gasteiger partial charge in [0.1, 0.15) is 9.84 Å². The van der Waals surface area contributed by atoms with Crippen LogP contribution in [0.2, 0.25) is 0 Å². The summed E-state index contributed by atoms with van der Waals surface area (Å²) in [6.45, 7) is 6.44. The normalized spacial score (nSPS) is 24.5. The molecule has 2 aliphatic rings. The van der Waals surface area contributed by atoms with E-state index < -0.39 is 9.84 Å². The fourth-order valence-corrected chi connectivity index (χ4v) is 4.34. The maximum Gasteiger partial charge on any atom is 0.148 e. The van der Waals surface area contributed by atoms with Gasteiger partial charge in [-0.2, -0.15) is 0 Å². The van der Waals surface area contributed by atoms with Crippen LogP contribution < -0.4 is 5.32 Å². The van der Waals surface area contributed by atoms with Crippen molar-refractivity contribution in [2.24, 2.45) is 5.41 Å². The molecular formula is C12H26Cl2N2O2S. The molecule has 0 aromatic rings. The first-order valence-electron chi connectivity index (χ1n) is 6.53. The average Bonchev–Trinajstić information content (AvgIpc) is 2.61. The second-order valence-corrected chi connectivity index (χ2v) is 8.10. The number of halogens is 2. The monoisotopic (exact) mass is 332 g/mol. The highest BCUT2D eigenvalue weighted by atomic mass is 35.5. The Hall–Kier alpha value is 0.450. The van der Waals surface area contributed by atoms with Gasteiger partial charge in [0, 0.05) is 18.8 Å². The van der Waals surface area contributed by atoms with Gasteiger partial charge in [0.2, 0.25) is 0 Å². The van der Waals surface area contributed by atoms with E-state index >= 15 is 0 Å². The molecular weight excluding hydrogens is 307 g/mol. The third-order valence-electron chi connectivity index (χ3n) is 4.30. The van der Waals surface area contributed by atoms with E-state index in [2.05, 4.69) is 10.2 Å². The van der Waals surface area contributed by atoms with E-state index in [-0.39, 0.29) is 30.9 Å². The summed E-state index contributed by atoms with van der Waals surface area (Å²) in [7, 11) is -2.86. The lowest BCUT2D eigenvalue weighted by molar-refractivity contribution is 0.181. The van der Waals surface area contributed by atoms with Crippen LogP contribution in [0.1, 0.15) is 26.2 Å². The van der Waals surface area contributed by atoms with Gasteiger partial charge in [0.25, 0.3) is 0 Å². The minimum atomic E-state index is -2.86. The predicted molar refractivity (Wildman–Crippen MR) is 84.4 cm³/mol. The maximum absolute atomic E-state index is 11.3. The van der Waals surface area contributed by atoms with Gasteiger partial charge in [0.05, 0.1) is 5.75 Å². The van der Waals surface area contributed by atoms with Crippen LogP contribution in [-0.2, 0) is 9.84 Å². The van der Waals surface area contributed by atoms with Gasteiger partial charge in [-0.15, -0.1) is 24.8 Å². The lowest BCUT2D eigenvalue weighted by atomic mass is 9.78. The SMILES string of the molecule is CC(CS(C)(=O)=O)N1CCC2(CCNCC2)C1.Cl.Cl. The van der Waals surface area contributed by atoms with Crippen molar-refractivity contribution in [1.82, 2.24) is 10.2 Å². The summed E-state index contributed by atoms with van der Waals surface area (Å²) in [5.74, 6) is 0.293. The van der Waals surface area contributed by atoms with Crippen molar-refractivity contribution in [3.05, 3.63) is 0 Å². The summed E-state index contributed by atoms with van der Waals surface area (Å²) in [5, 5.41) is 3.40. The summed E-state index contributed by atoms with van der Waals surface area (Å²) in [6, 6.07) is 0.166. The topological polar surface area (TPSA) is 49.4 Å². The van der Waals surface area contributed by atoms with E-state index in [4.69, 9.17) is 0 Å². The van der Waals surface area contributed by atoms with E-state index in [0.29, 0.717) is 11.2 Å². The summed E-state index contributed by atoms with van der Waals surface area (Å²) < 4.78 is 22.7. The molecule has 2 heterocycles. The quantitative estimate of drug-likeness (QED) is 0.847. The first-order valence-corrected chi connectivity index (χ1v) is 8.59. The third-order valence-corrected chi connectivity index (χ3v) is 5.39. The first kappa shape index (κ1) is 19.4. The van der Waals surface area contributed by atoms with Crippen LogP contribution in [0, 0.1) is 5.41 Å². The molecule has 0 amide bonds. The van der Waals surface area contributed by atoms with Crippen molar-refractivity contribution < 1.29 is 8.42 Å². The van der Waals surface area contributed by atoms with Gasteiger partial charge in [-0.05, 0) is 51.2 Å². The van der Waals surface area contributed by atoms with Crippen molar-refractivity contribution in [3.63, 3.8) is 0 Å². The second kappa shape index (κ2) is 7.46. The van der Waals surface area contributed by atoms with E-state index in [1.54, 1.807) is 0 Å². The zero-order valence-corrected chi connectivity index (χ0v) is 14.2. The third kappa shape index (κ3) is 5.38. The zero-order valence-electron chi connectivity index (χ0n) is 11.7. The van der Waals surface area contributed by atoms with Gasteiger partial charge in [-0.1, -0.05) is 0 Å². The van der Waals surface area contributed by atoms with Crippen LogP contribution in [-0.4, -0.2) is 57.5 Å². The van der Waals surface area contributed by atoms with Gasteiger partial charge in [0.15, 0.2) is 0 Å². The minimum Gasteiger partial charge on any atom is -0.317 e. The molecule has 1 atom stereocenters. The summed E-state index contributed by atoms with van der Waals surface area (Å²) >= 11 is 0. The van der Waals surface area contributed by atoms with Crippen molar-refractivity contribution >= 4 is 34.7 Å². The summed E-state index contributed by atoms with van der Waals surface area (Å²) in [5.41, 5.74) is 0.469. The number of piperidine rings is 1. The number of likely N-dealkylation sites (tertiary alicyclic amines) is 1. The van der Waals surface area contributed by atoms with Crippen LogP contribution >= 0.6 is 24.8 Å². The number of nitrogens with one attached hydrogen (secondary N) is 1. The molecule has 19 heavy (non-hydrogen) atoms. The fraction of sp³-hybridized carbons (Fsp3) is 1.00. The Balaban J connectivity index is 0.00000162. The molecule has 1 spiro atoms. The van der Waals surface area contributed by atoms with Crippen molar-refractivity contribution in [3.8, 4) is 0 Å². The zero-order chi connectivity index (χ0) is 12.5. The Morgan fingerprint density at radius 2 is 1.79 bits per heavy atom. The number of nitrogens with zero attached hydrogens (tertiary/aromatic N) is 1. The van der Waals surface area contributed by atoms with Crippen molar-refractivity contribution in [1.29, 1.82) is 0 Å². The number of rotatable bonds is 3. The Bertz CT molecular complexity index is 370. The molecule has 2 saturated heterocycles. The minimum absolute atomic E-state index is 0. The Kier molecular flexibility index (Phi) is 7.63. The van der Waals surface area contributed by atoms with Gasteiger partial charge in [-0.3, -0.25) is 4.90 Å². The lowest BCUT2D eigenvalue weighted by Crippen LogP contribution is -2.41. The number of sulfone groups is 1. The Labute approximate surface area is 129 Å². The number of hydrogen-bond acceptors (Lipinski definition) is 4. The van der Waals surface area contributed by atoms with Crippen LogP contribution in [0.25, 0.3) is 0 Å². The van der Waals surface area contributed by atoms with E-state index in [0.717, 1.165) is 26.2 Å². The summed E-state index contributed by atoms with van der Waals surface area (Å²) in [4.78, 5) is 2.37. The molecule has 0 aliphatic carbocycles. The molecule has 4 nitrogen and oxygen atoms in total. The van der Waals surface area contributed by atoms with Crippen LogP contribution in [0.15, 0.2) is 0 Å². The largest absolute Gasteiger partial charge is 0.317 e. The molecule has 0 aromatic heterocycles. The average molecular weight is 333 g/mol. The highest BCUT2D eigenvalue weighted by Crippen LogP contribution is 2.39. The second-order valence-electron chi connectivity index (χ2n) is 5.91. The van der Waals surface area contributed by atoms with Gasteiger partial charge >= 0.3 is 0 Å². The molecule has 116 valence electrons. The molecule has 2 rings (SSSR count). The van der Waals surface area contributed by atoms with E-state index in [1.807, 2.05) is 6.92 Å². The highest BCUT2D eigenvalue weighted by Gasteiger charge is 2.40. The van der Waals surface area contributed by atoms with E-state index in [1.165, 1.54) is 25.5 Å². The number of hydrogen-bond donors (Lipinski definition) is 1. The van der Waals surface area contributed by atoms with E-state index in [9.17, 15) is 8.42 Å². The standard InChI is InChI=1S/C12H24N2O2S.2ClH/c1-11(9-17(2,15)16)14-8-5-12(10-14)3-6-13-7-4-12;;/h11,13H,3-10H2,1-2H3;2*1H. The Morgan fingerprint density at radius 1 is 1.21 bits per heavy atom. The fourth-order valence-electron chi connectivity index (χ4n) is 3.25. The molecule has 0 bridgehead atoms. The molecule has 0 saturated carbocycles. The van der Waals surface area contributed by atoms with Crippen molar-refractivity contribution in [2.45, 2.75) is 32.2 Å². The maximum atomic E-state index is 11.3. The van der Waals surface area contributed by atoms with Gasteiger partial charge in [-0.25, -0.2) is 8.42 Å². The van der Waals surface area contributed by atoms with Crippen molar-refractivity contribution in [2.75, 3.05) is 38.2 Å². The van der Waals surface area contributed by atoms with Crippen LogP contribution in [0.5, 0.6) is 0 Å². The lowest BCUT2D eigenvalue weighted by Gasteiger charge is -2.34. The predicted octanol–water partition coefficient (Wildman–Crippen LogP) is 1.34. The Morgan fingerprint density at radius 3 is 2.32 bits per heavy atom. The molecule has 1 unspecified atom stereocenters. The van der Waals surface area contributed by atoms with Crippen LogP contribution in [0.3, 0.4) is 0 Å². The first-order chi connectivity index (χ1) is 7.90. The molecule has 7 heteroatoms. The molecule has 1 N–H and O–H groups in total. The highest BCUT2D eigenvalue weighted by molar-refractivity contribution is 7.90. The molecule has 0 radical (unpaired) electrons.